The Hall–Kier alpha value is -0.0800. The highest BCUT2D eigenvalue weighted by Crippen LogP contribution is 2.13. The SMILES string of the molecule is CCCCCCCCCCC1CN(CCCCCCCCCC)CCN1. The molecule has 1 saturated heterocycles. The molecule has 0 radical (unpaired) electrons. The summed E-state index contributed by atoms with van der Waals surface area (Å²) in [6, 6.07) is 0.762. The maximum Gasteiger partial charge on any atom is 0.0195 e. The van der Waals surface area contributed by atoms with Crippen LogP contribution in [0.2, 0.25) is 0 Å². The average molecular weight is 367 g/mol. The van der Waals surface area contributed by atoms with E-state index in [-0.39, 0.29) is 0 Å². The molecule has 1 unspecified atom stereocenters. The maximum atomic E-state index is 3.76. The number of hydrogen-bond acceptors (Lipinski definition) is 2. The molecular formula is C24H50N2. The zero-order chi connectivity index (χ0) is 18.7. The Balaban J connectivity index is 1.91. The van der Waals surface area contributed by atoms with Crippen molar-refractivity contribution in [2.75, 3.05) is 26.2 Å². The largest absolute Gasteiger partial charge is 0.311 e. The molecule has 26 heavy (non-hydrogen) atoms. The molecule has 0 amide bonds. The number of piperazine rings is 1. The molecule has 0 saturated carbocycles. The fraction of sp³-hybridized carbons (Fsp3) is 1.00. The van der Waals surface area contributed by atoms with Gasteiger partial charge in [0.15, 0.2) is 0 Å². The van der Waals surface area contributed by atoms with Gasteiger partial charge in [-0.2, -0.15) is 0 Å². The van der Waals surface area contributed by atoms with Crippen LogP contribution in [0.3, 0.4) is 0 Å². The van der Waals surface area contributed by atoms with Gasteiger partial charge in [-0.1, -0.05) is 110 Å². The van der Waals surface area contributed by atoms with Gasteiger partial charge in [0.25, 0.3) is 0 Å². The van der Waals surface area contributed by atoms with Gasteiger partial charge in [-0.25, -0.2) is 0 Å². The molecule has 0 bridgehead atoms. The Kier molecular flexibility index (Phi) is 16.9. The van der Waals surface area contributed by atoms with Gasteiger partial charge >= 0.3 is 0 Å². The van der Waals surface area contributed by atoms with Crippen molar-refractivity contribution in [3.63, 3.8) is 0 Å². The fourth-order valence-corrected chi connectivity index (χ4v) is 4.28. The van der Waals surface area contributed by atoms with Crippen LogP contribution in [0.5, 0.6) is 0 Å². The Morgan fingerprint density at radius 1 is 0.654 bits per heavy atom. The molecule has 0 spiro atoms. The molecule has 1 aliphatic rings. The lowest BCUT2D eigenvalue weighted by molar-refractivity contribution is 0.189. The molecule has 1 rings (SSSR count). The summed E-state index contributed by atoms with van der Waals surface area (Å²) >= 11 is 0. The molecule has 1 N–H and O–H groups in total. The second-order valence-corrected chi connectivity index (χ2v) is 8.69. The van der Waals surface area contributed by atoms with Gasteiger partial charge in [-0.3, -0.25) is 0 Å². The van der Waals surface area contributed by atoms with E-state index in [2.05, 4.69) is 24.1 Å². The van der Waals surface area contributed by atoms with E-state index < -0.39 is 0 Å². The van der Waals surface area contributed by atoms with Crippen LogP contribution >= 0.6 is 0 Å². The van der Waals surface area contributed by atoms with Gasteiger partial charge in [-0.05, 0) is 19.4 Å². The molecule has 0 aromatic rings. The Morgan fingerprint density at radius 3 is 1.73 bits per heavy atom. The topological polar surface area (TPSA) is 15.3 Å². The van der Waals surface area contributed by atoms with Crippen LogP contribution in [0.25, 0.3) is 0 Å². The molecular weight excluding hydrogens is 316 g/mol. The molecule has 1 fully saturated rings. The summed E-state index contributed by atoms with van der Waals surface area (Å²) in [6.07, 6.45) is 24.4. The first-order valence-electron chi connectivity index (χ1n) is 12.3. The highest BCUT2D eigenvalue weighted by Gasteiger charge is 2.18. The third kappa shape index (κ3) is 14.0. The molecule has 0 aromatic carbocycles. The van der Waals surface area contributed by atoms with E-state index in [1.54, 1.807) is 0 Å². The van der Waals surface area contributed by atoms with Gasteiger partial charge in [0.2, 0.25) is 0 Å². The summed E-state index contributed by atoms with van der Waals surface area (Å²) in [7, 11) is 0. The van der Waals surface area contributed by atoms with Crippen molar-refractivity contribution in [1.29, 1.82) is 0 Å². The monoisotopic (exact) mass is 366 g/mol. The smallest absolute Gasteiger partial charge is 0.0195 e. The van der Waals surface area contributed by atoms with Gasteiger partial charge in [0.05, 0.1) is 0 Å². The van der Waals surface area contributed by atoms with Crippen molar-refractivity contribution in [3.8, 4) is 0 Å². The third-order valence-corrected chi connectivity index (χ3v) is 6.07. The number of hydrogen-bond donors (Lipinski definition) is 1. The minimum Gasteiger partial charge on any atom is -0.311 e. The van der Waals surface area contributed by atoms with E-state index in [1.165, 1.54) is 135 Å². The zero-order valence-corrected chi connectivity index (χ0v) is 18.4. The zero-order valence-electron chi connectivity index (χ0n) is 18.4. The van der Waals surface area contributed by atoms with Gasteiger partial charge in [0, 0.05) is 25.7 Å². The van der Waals surface area contributed by atoms with E-state index >= 15 is 0 Å². The van der Waals surface area contributed by atoms with Crippen molar-refractivity contribution >= 4 is 0 Å². The van der Waals surface area contributed by atoms with Gasteiger partial charge in [-0.15, -0.1) is 0 Å². The summed E-state index contributed by atoms with van der Waals surface area (Å²) in [4.78, 5) is 2.73. The second-order valence-electron chi connectivity index (χ2n) is 8.69. The maximum absolute atomic E-state index is 3.76. The number of nitrogens with one attached hydrogen (secondary N) is 1. The molecule has 1 aliphatic heterocycles. The van der Waals surface area contributed by atoms with Crippen LogP contribution in [0, 0.1) is 0 Å². The lowest BCUT2D eigenvalue weighted by atomic mass is 10.0. The van der Waals surface area contributed by atoms with Crippen molar-refractivity contribution < 1.29 is 0 Å². The first-order valence-corrected chi connectivity index (χ1v) is 12.3. The first kappa shape index (κ1) is 24.0. The normalized spacial score (nSPS) is 18.5. The summed E-state index contributed by atoms with van der Waals surface area (Å²) in [6.45, 7) is 9.71. The van der Waals surface area contributed by atoms with E-state index in [0.29, 0.717) is 0 Å². The van der Waals surface area contributed by atoms with Gasteiger partial charge < -0.3 is 10.2 Å². The summed E-state index contributed by atoms with van der Waals surface area (Å²) in [5, 5.41) is 3.76. The van der Waals surface area contributed by atoms with Crippen LogP contribution in [0.15, 0.2) is 0 Å². The van der Waals surface area contributed by atoms with E-state index in [1.807, 2.05) is 0 Å². The average Bonchev–Trinajstić information content (AvgIpc) is 2.66. The van der Waals surface area contributed by atoms with E-state index in [4.69, 9.17) is 0 Å². The number of nitrogens with zero attached hydrogens (tertiary/aromatic N) is 1. The molecule has 2 heteroatoms. The molecule has 0 aliphatic carbocycles. The van der Waals surface area contributed by atoms with Crippen LogP contribution in [-0.2, 0) is 0 Å². The van der Waals surface area contributed by atoms with Crippen molar-refractivity contribution in [1.82, 2.24) is 10.2 Å². The third-order valence-electron chi connectivity index (χ3n) is 6.07. The van der Waals surface area contributed by atoms with Crippen LogP contribution in [0.4, 0.5) is 0 Å². The fourth-order valence-electron chi connectivity index (χ4n) is 4.28. The Bertz CT molecular complexity index is 253. The second kappa shape index (κ2) is 18.3. The standard InChI is InChI=1S/C24H50N2/c1-3-5-7-9-11-13-15-17-19-24-23-26(22-20-25-24)21-18-16-14-12-10-8-6-4-2/h24-25H,3-23H2,1-2H3. The highest BCUT2D eigenvalue weighted by molar-refractivity contribution is 4.78. The van der Waals surface area contributed by atoms with Gasteiger partial charge in [0.1, 0.15) is 0 Å². The van der Waals surface area contributed by atoms with Crippen molar-refractivity contribution in [2.24, 2.45) is 0 Å². The molecule has 1 heterocycles. The van der Waals surface area contributed by atoms with E-state index in [0.717, 1.165) is 6.04 Å². The highest BCUT2D eigenvalue weighted by atomic mass is 15.2. The van der Waals surface area contributed by atoms with Crippen molar-refractivity contribution in [3.05, 3.63) is 0 Å². The lowest BCUT2D eigenvalue weighted by Gasteiger charge is -2.33. The lowest BCUT2D eigenvalue weighted by Crippen LogP contribution is -2.50. The van der Waals surface area contributed by atoms with Crippen molar-refractivity contribution in [2.45, 2.75) is 129 Å². The molecule has 1 atom stereocenters. The van der Waals surface area contributed by atoms with Crippen LogP contribution < -0.4 is 5.32 Å². The minimum atomic E-state index is 0.762. The summed E-state index contributed by atoms with van der Waals surface area (Å²) in [5.41, 5.74) is 0. The Morgan fingerprint density at radius 2 is 1.15 bits per heavy atom. The summed E-state index contributed by atoms with van der Waals surface area (Å²) < 4.78 is 0. The first-order chi connectivity index (χ1) is 12.9. The summed E-state index contributed by atoms with van der Waals surface area (Å²) in [5.74, 6) is 0. The quantitative estimate of drug-likeness (QED) is 0.264. The van der Waals surface area contributed by atoms with Crippen LogP contribution in [0.1, 0.15) is 123 Å². The number of rotatable bonds is 18. The number of unbranched alkanes of at least 4 members (excludes halogenated alkanes) is 14. The molecule has 2 nitrogen and oxygen atoms in total. The van der Waals surface area contributed by atoms with Crippen LogP contribution in [-0.4, -0.2) is 37.1 Å². The predicted octanol–water partition coefficient (Wildman–Crippen LogP) is 6.93. The molecule has 156 valence electrons. The minimum absolute atomic E-state index is 0.762. The predicted molar refractivity (Wildman–Crippen MR) is 118 cm³/mol. The van der Waals surface area contributed by atoms with E-state index in [9.17, 15) is 0 Å². The molecule has 0 aromatic heterocycles. The Labute approximate surface area is 165 Å².